The zero-order chi connectivity index (χ0) is 12.4. The lowest BCUT2D eigenvalue weighted by molar-refractivity contribution is 0.372. The van der Waals surface area contributed by atoms with Crippen LogP contribution in [0.25, 0.3) is 0 Å². The quantitative estimate of drug-likeness (QED) is 0.882. The highest BCUT2D eigenvalue weighted by Crippen LogP contribution is 2.32. The Hall–Kier alpha value is -1.09. The van der Waals surface area contributed by atoms with Crippen LogP contribution in [0.1, 0.15) is 31.4 Å². The van der Waals surface area contributed by atoms with Crippen molar-refractivity contribution in [2.45, 2.75) is 38.6 Å². The van der Waals surface area contributed by atoms with Gasteiger partial charge in [0.05, 0.1) is 0 Å². The minimum absolute atomic E-state index is 0.759. The Labute approximate surface area is 110 Å². The molecule has 0 radical (unpaired) electrons. The third-order valence-electron chi connectivity index (χ3n) is 4.07. The standard InChI is InChI=1S/C15H23N3/c1-12-3-2-4-15(17-12)18(14-5-6-14)11-13-7-9-16-10-8-13/h2-4,13-14,16H,5-11H2,1H3. The molecule has 18 heavy (non-hydrogen) atoms. The predicted octanol–water partition coefficient (Wildman–Crippen LogP) is 2.36. The summed E-state index contributed by atoms with van der Waals surface area (Å²) in [6, 6.07) is 7.15. The maximum absolute atomic E-state index is 4.71. The third-order valence-corrected chi connectivity index (χ3v) is 4.07. The van der Waals surface area contributed by atoms with Crippen LogP contribution in [-0.4, -0.2) is 30.7 Å². The molecule has 3 rings (SSSR count). The lowest BCUT2D eigenvalue weighted by Crippen LogP contribution is -2.37. The first-order valence-electron chi connectivity index (χ1n) is 7.24. The molecule has 2 heterocycles. The predicted molar refractivity (Wildman–Crippen MR) is 74.9 cm³/mol. The van der Waals surface area contributed by atoms with Gasteiger partial charge in [-0.1, -0.05) is 6.07 Å². The van der Waals surface area contributed by atoms with Crippen LogP contribution in [-0.2, 0) is 0 Å². The molecule has 0 unspecified atom stereocenters. The molecule has 0 amide bonds. The number of aryl methyl sites for hydroxylation is 1. The maximum Gasteiger partial charge on any atom is 0.129 e. The van der Waals surface area contributed by atoms with E-state index >= 15 is 0 Å². The first kappa shape index (κ1) is 12.0. The highest BCUT2D eigenvalue weighted by atomic mass is 15.2. The van der Waals surface area contributed by atoms with Gasteiger partial charge in [0, 0.05) is 18.3 Å². The Morgan fingerprint density at radius 2 is 2.00 bits per heavy atom. The molecule has 1 aliphatic carbocycles. The fourth-order valence-corrected chi connectivity index (χ4v) is 2.85. The molecule has 0 aromatic carbocycles. The van der Waals surface area contributed by atoms with Crippen LogP contribution < -0.4 is 10.2 Å². The summed E-state index contributed by atoms with van der Waals surface area (Å²) in [6.07, 6.45) is 5.32. The van der Waals surface area contributed by atoms with Gasteiger partial charge in [0.2, 0.25) is 0 Å². The molecule has 2 fully saturated rings. The van der Waals surface area contributed by atoms with Gasteiger partial charge in [-0.2, -0.15) is 0 Å². The smallest absolute Gasteiger partial charge is 0.129 e. The first-order chi connectivity index (χ1) is 8.83. The van der Waals surface area contributed by atoms with Crippen LogP contribution in [0.4, 0.5) is 5.82 Å². The molecular formula is C15H23N3. The van der Waals surface area contributed by atoms with E-state index in [9.17, 15) is 0 Å². The molecule has 2 aliphatic rings. The summed E-state index contributed by atoms with van der Waals surface area (Å²) < 4.78 is 0. The molecule has 1 aromatic heterocycles. The van der Waals surface area contributed by atoms with Gasteiger partial charge in [-0.3, -0.25) is 0 Å². The second kappa shape index (κ2) is 5.27. The summed E-state index contributed by atoms with van der Waals surface area (Å²) in [5.41, 5.74) is 1.13. The van der Waals surface area contributed by atoms with Crippen molar-refractivity contribution in [3.63, 3.8) is 0 Å². The summed E-state index contributed by atoms with van der Waals surface area (Å²) in [6.45, 7) is 5.65. The van der Waals surface area contributed by atoms with E-state index < -0.39 is 0 Å². The zero-order valence-corrected chi connectivity index (χ0v) is 11.2. The van der Waals surface area contributed by atoms with Gasteiger partial charge in [0.15, 0.2) is 0 Å². The number of rotatable bonds is 4. The van der Waals surface area contributed by atoms with Crippen LogP contribution in [0, 0.1) is 12.8 Å². The number of pyridine rings is 1. The first-order valence-corrected chi connectivity index (χ1v) is 7.24. The molecule has 3 nitrogen and oxygen atoms in total. The summed E-state index contributed by atoms with van der Waals surface area (Å²) in [5.74, 6) is 2.03. The summed E-state index contributed by atoms with van der Waals surface area (Å²) in [7, 11) is 0. The Balaban J connectivity index is 1.71. The highest BCUT2D eigenvalue weighted by molar-refractivity contribution is 5.42. The molecule has 0 bridgehead atoms. The van der Waals surface area contributed by atoms with Crippen molar-refractivity contribution >= 4 is 5.82 Å². The van der Waals surface area contributed by atoms with Crippen molar-refractivity contribution < 1.29 is 0 Å². The molecular weight excluding hydrogens is 222 g/mol. The van der Waals surface area contributed by atoms with Crippen molar-refractivity contribution in [1.29, 1.82) is 0 Å². The fourth-order valence-electron chi connectivity index (χ4n) is 2.85. The van der Waals surface area contributed by atoms with Gasteiger partial charge in [-0.15, -0.1) is 0 Å². The van der Waals surface area contributed by atoms with Gasteiger partial charge in [-0.25, -0.2) is 4.98 Å². The van der Waals surface area contributed by atoms with Gasteiger partial charge < -0.3 is 10.2 Å². The average Bonchev–Trinajstić information content (AvgIpc) is 3.21. The van der Waals surface area contributed by atoms with Crippen molar-refractivity contribution in [3.8, 4) is 0 Å². The number of hydrogen-bond acceptors (Lipinski definition) is 3. The van der Waals surface area contributed by atoms with E-state index in [0.717, 1.165) is 17.7 Å². The number of nitrogens with one attached hydrogen (secondary N) is 1. The summed E-state index contributed by atoms with van der Waals surface area (Å²) in [5, 5.41) is 3.45. The van der Waals surface area contributed by atoms with E-state index in [2.05, 4.69) is 35.3 Å². The van der Waals surface area contributed by atoms with Crippen molar-refractivity contribution in [3.05, 3.63) is 23.9 Å². The Kier molecular flexibility index (Phi) is 3.50. The van der Waals surface area contributed by atoms with E-state index in [4.69, 9.17) is 4.98 Å². The fraction of sp³-hybridized carbons (Fsp3) is 0.667. The topological polar surface area (TPSA) is 28.2 Å². The molecule has 98 valence electrons. The third kappa shape index (κ3) is 2.83. The Morgan fingerprint density at radius 3 is 2.67 bits per heavy atom. The molecule has 1 N–H and O–H groups in total. The van der Waals surface area contributed by atoms with Crippen molar-refractivity contribution in [2.75, 3.05) is 24.5 Å². The van der Waals surface area contributed by atoms with E-state index in [-0.39, 0.29) is 0 Å². The molecule has 0 atom stereocenters. The highest BCUT2D eigenvalue weighted by Gasteiger charge is 2.31. The molecule has 1 saturated heterocycles. The second-order valence-electron chi connectivity index (χ2n) is 5.71. The van der Waals surface area contributed by atoms with Crippen molar-refractivity contribution in [1.82, 2.24) is 10.3 Å². The minimum Gasteiger partial charge on any atom is -0.353 e. The average molecular weight is 245 g/mol. The van der Waals surface area contributed by atoms with Gasteiger partial charge in [0.1, 0.15) is 5.82 Å². The van der Waals surface area contributed by atoms with Gasteiger partial charge in [0.25, 0.3) is 0 Å². The summed E-state index contributed by atoms with van der Waals surface area (Å²) in [4.78, 5) is 7.27. The van der Waals surface area contributed by atoms with Gasteiger partial charge >= 0.3 is 0 Å². The Bertz CT molecular complexity index is 394. The van der Waals surface area contributed by atoms with Crippen LogP contribution in [0.15, 0.2) is 18.2 Å². The zero-order valence-electron chi connectivity index (χ0n) is 11.2. The number of piperidine rings is 1. The molecule has 3 heteroatoms. The minimum atomic E-state index is 0.759. The van der Waals surface area contributed by atoms with Crippen LogP contribution >= 0.6 is 0 Å². The second-order valence-corrected chi connectivity index (χ2v) is 5.71. The van der Waals surface area contributed by atoms with Crippen LogP contribution in [0.5, 0.6) is 0 Å². The monoisotopic (exact) mass is 245 g/mol. The van der Waals surface area contributed by atoms with Crippen LogP contribution in [0.3, 0.4) is 0 Å². The van der Waals surface area contributed by atoms with E-state index in [0.29, 0.717) is 0 Å². The number of hydrogen-bond donors (Lipinski definition) is 1. The maximum atomic E-state index is 4.71. The lowest BCUT2D eigenvalue weighted by atomic mass is 9.97. The lowest BCUT2D eigenvalue weighted by Gasteiger charge is -2.31. The summed E-state index contributed by atoms with van der Waals surface area (Å²) >= 11 is 0. The van der Waals surface area contributed by atoms with E-state index in [1.807, 2.05) is 0 Å². The SMILES string of the molecule is Cc1cccc(N(CC2CCNCC2)C2CC2)n1. The molecule has 1 saturated carbocycles. The number of anilines is 1. The Morgan fingerprint density at radius 1 is 1.22 bits per heavy atom. The molecule has 0 spiro atoms. The number of aromatic nitrogens is 1. The van der Waals surface area contributed by atoms with E-state index in [1.54, 1.807) is 0 Å². The van der Waals surface area contributed by atoms with Crippen molar-refractivity contribution in [2.24, 2.45) is 5.92 Å². The molecule has 1 aliphatic heterocycles. The molecule has 1 aromatic rings. The van der Waals surface area contributed by atoms with Gasteiger partial charge in [-0.05, 0) is 63.7 Å². The number of nitrogens with zero attached hydrogens (tertiary/aromatic N) is 2. The normalized spacial score (nSPS) is 20.9. The largest absolute Gasteiger partial charge is 0.353 e. The van der Waals surface area contributed by atoms with Crippen LogP contribution in [0.2, 0.25) is 0 Å². The van der Waals surface area contributed by atoms with E-state index in [1.165, 1.54) is 51.1 Å².